The molecule has 2 aromatic rings. The molecule has 0 aromatic carbocycles. The molecule has 0 spiro atoms. The van der Waals surface area contributed by atoms with E-state index in [4.69, 9.17) is 0 Å². The minimum Gasteiger partial charge on any atom is -0.365 e. The van der Waals surface area contributed by atoms with Gasteiger partial charge in [-0.2, -0.15) is 0 Å². The van der Waals surface area contributed by atoms with E-state index >= 15 is 0 Å². The molecule has 0 aliphatic carbocycles. The molecule has 0 atom stereocenters. The van der Waals surface area contributed by atoms with Crippen molar-refractivity contribution in [1.82, 2.24) is 15.0 Å². The first-order valence-electron chi connectivity index (χ1n) is 3.80. The van der Waals surface area contributed by atoms with Crippen LogP contribution in [0.4, 0.5) is 5.13 Å². The Balaban J connectivity index is 2.36. The van der Waals surface area contributed by atoms with E-state index in [9.17, 15) is 0 Å². The molecule has 2 rings (SSSR count). The summed E-state index contributed by atoms with van der Waals surface area (Å²) in [5.74, 6) is 0. The minimum absolute atomic E-state index is 0.863. The molecule has 2 aromatic heterocycles. The van der Waals surface area contributed by atoms with Gasteiger partial charge in [0, 0.05) is 25.6 Å². The number of hydrogen-bond acceptors (Lipinski definition) is 5. The van der Waals surface area contributed by atoms with Gasteiger partial charge in [-0.15, -0.1) is 0 Å². The molecule has 0 aliphatic rings. The van der Waals surface area contributed by atoms with Crippen molar-refractivity contribution in [3.8, 4) is 10.6 Å². The van der Waals surface area contributed by atoms with Crippen LogP contribution < -0.4 is 5.32 Å². The number of thiazole rings is 1. The first kappa shape index (κ1) is 8.12. The topological polar surface area (TPSA) is 50.7 Å². The Bertz CT molecular complexity index is 384. The van der Waals surface area contributed by atoms with Gasteiger partial charge < -0.3 is 5.32 Å². The first-order valence-corrected chi connectivity index (χ1v) is 4.62. The lowest BCUT2D eigenvalue weighted by Gasteiger charge is -1.91. The van der Waals surface area contributed by atoms with Crippen LogP contribution in [0.15, 0.2) is 24.8 Å². The summed E-state index contributed by atoms with van der Waals surface area (Å²) >= 11 is 1.56. The fourth-order valence-electron chi connectivity index (χ4n) is 0.934. The van der Waals surface area contributed by atoms with Crippen molar-refractivity contribution in [2.75, 3.05) is 12.4 Å². The second kappa shape index (κ2) is 3.49. The second-order valence-corrected chi connectivity index (χ2v) is 3.40. The van der Waals surface area contributed by atoms with Gasteiger partial charge in [-0.1, -0.05) is 11.3 Å². The Kier molecular flexibility index (Phi) is 2.18. The van der Waals surface area contributed by atoms with E-state index in [-0.39, 0.29) is 0 Å². The molecule has 66 valence electrons. The molecule has 0 radical (unpaired) electrons. The number of nitrogens with one attached hydrogen (secondary N) is 1. The molecule has 0 amide bonds. The summed E-state index contributed by atoms with van der Waals surface area (Å²) in [6.07, 6.45) is 6.85. The zero-order chi connectivity index (χ0) is 9.10. The summed E-state index contributed by atoms with van der Waals surface area (Å²) < 4.78 is 0. The highest BCUT2D eigenvalue weighted by Crippen LogP contribution is 2.25. The average molecular weight is 192 g/mol. The predicted molar refractivity (Wildman–Crippen MR) is 52.7 cm³/mol. The van der Waals surface area contributed by atoms with E-state index in [1.54, 1.807) is 36.1 Å². The molecule has 0 fully saturated rings. The van der Waals surface area contributed by atoms with Crippen molar-refractivity contribution in [2.24, 2.45) is 0 Å². The van der Waals surface area contributed by atoms with Crippen molar-refractivity contribution in [2.45, 2.75) is 0 Å². The molecule has 0 bridgehead atoms. The van der Waals surface area contributed by atoms with E-state index in [2.05, 4.69) is 20.3 Å². The van der Waals surface area contributed by atoms with Crippen molar-refractivity contribution in [3.05, 3.63) is 24.8 Å². The molecule has 13 heavy (non-hydrogen) atoms. The lowest BCUT2D eigenvalue weighted by atomic mass is 10.4. The molecule has 1 N–H and O–H groups in total. The van der Waals surface area contributed by atoms with Crippen LogP contribution in [0, 0.1) is 0 Å². The summed E-state index contributed by atoms with van der Waals surface area (Å²) in [6.45, 7) is 0. The Hall–Kier alpha value is -1.49. The average Bonchev–Trinajstić information content (AvgIpc) is 2.67. The molecule has 0 unspecified atom stereocenters. The van der Waals surface area contributed by atoms with Gasteiger partial charge in [0.25, 0.3) is 0 Å². The highest BCUT2D eigenvalue weighted by Gasteiger charge is 2.03. The Morgan fingerprint density at radius 3 is 2.77 bits per heavy atom. The Labute approximate surface area is 79.7 Å². The number of hydrogen-bond donors (Lipinski definition) is 1. The lowest BCUT2D eigenvalue weighted by molar-refractivity contribution is 1.21. The van der Waals surface area contributed by atoms with E-state index < -0.39 is 0 Å². The van der Waals surface area contributed by atoms with Crippen molar-refractivity contribution in [1.29, 1.82) is 0 Å². The highest BCUT2D eigenvalue weighted by molar-refractivity contribution is 7.18. The maximum atomic E-state index is 4.18. The van der Waals surface area contributed by atoms with Gasteiger partial charge in [-0.25, -0.2) is 4.98 Å². The van der Waals surface area contributed by atoms with Crippen LogP contribution in [0.3, 0.4) is 0 Å². The quantitative estimate of drug-likeness (QED) is 0.786. The van der Waals surface area contributed by atoms with Gasteiger partial charge >= 0.3 is 0 Å². The molecular weight excluding hydrogens is 184 g/mol. The van der Waals surface area contributed by atoms with E-state index in [0.717, 1.165) is 15.7 Å². The first-order chi connectivity index (χ1) is 6.40. The van der Waals surface area contributed by atoms with E-state index in [1.807, 2.05) is 7.05 Å². The van der Waals surface area contributed by atoms with E-state index in [1.165, 1.54) is 0 Å². The van der Waals surface area contributed by atoms with Crippen LogP contribution in [0.1, 0.15) is 0 Å². The molecule has 0 saturated carbocycles. The summed E-state index contributed by atoms with van der Waals surface area (Å²) in [5.41, 5.74) is 0.863. The van der Waals surface area contributed by atoms with Crippen molar-refractivity contribution >= 4 is 16.5 Å². The zero-order valence-corrected chi connectivity index (χ0v) is 7.88. The van der Waals surface area contributed by atoms with E-state index in [0.29, 0.717) is 0 Å². The van der Waals surface area contributed by atoms with Gasteiger partial charge in [0.1, 0.15) is 5.69 Å². The number of anilines is 1. The summed E-state index contributed by atoms with van der Waals surface area (Å²) in [4.78, 5) is 13.3. The molecular formula is C8H8N4S. The maximum absolute atomic E-state index is 4.18. The number of rotatable bonds is 2. The normalized spacial score (nSPS) is 9.92. The van der Waals surface area contributed by atoms with Crippen LogP contribution in [-0.4, -0.2) is 22.0 Å². The van der Waals surface area contributed by atoms with Gasteiger partial charge in [-0.3, -0.25) is 9.97 Å². The van der Waals surface area contributed by atoms with Gasteiger partial charge in [0.2, 0.25) is 0 Å². The fraction of sp³-hybridized carbons (Fsp3) is 0.125. The standard InChI is InChI=1S/C8H8N4S/c1-9-8-12-5-7(13-8)6-4-10-2-3-11-6/h2-5H,1H3,(H,9,12). The highest BCUT2D eigenvalue weighted by atomic mass is 32.1. The van der Waals surface area contributed by atoms with Crippen LogP contribution in [0.5, 0.6) is 0 Å². The Morgan fingerprint density at radius 1 is 1.23 bits per heavy atom. The number of aromatic nitrogens is 3. The smallest absolute Gasteiger partial charge is 0.182 e. The number of nitrogens with zero attached hydrogens (tertiary/aromatic N) is 3. The molecule has 4 nitrogen and oxygen atoms in total. The maximum Gasteiger partial charge on any atom is 0.182 e. The molecule has 0 saturated heterocycles. The Morgan fingerprint density at radius 2 is 2.15 bits per heavy atom. The summed E-state index contributed by atoms with van der Waals surface area (Å²) in [6, 6.07) is 0. The third-order valence-corrected chi connectivity index (χ3v) is 2.57. The van der Waals surface area contributed by atoms with Crippen molar-refractivity contribution < 1.29 is 0 Å². The molecule has 0 aliphatic heterocycles. The molecule has 5 heteroatoms. The minimum atomic E-state index is 0.863. The van der Waals surface area contributed by atoms with Gasteiger partial charge in [-0.05, 0) is 0 Å². The van der Waals surface area contributed by atoms with Gasteiger partial charge in [0.15, 0.2) is 5.13 Å². The summed E-state index contributed by atoms with van der Waals surface area (Å²) in [5, 5.41) is 3.87. The zero-order valence-electron chi connectivity index (χ0n) is 7.06. The molecule has 2 heterocycles. The third kappa shape index (κ3) is 1.65. The second-order valence-electron chi connectivity index (χ2n) is 2.37. The van der Waals surface area contributed by atoms with Crippen LogP contribution in [-0.2, 0) is 0 Å². The lowest BCUT2D eigenvalue weighted by Crippen LogP contribution is -1.83. The fourth-order valence-corrected chi connectivity index (χ4v) is 1.67. The SMILES string of the molecule is CNc1ncc(-c2cnccn2)s1. The van der Waals surface area contributed by atoms with Crippen LogP contribution >= 0.6 is 11.3 Å². The predicted octanol–water partition coefficient (Wildman–Crippen LogP) is 1.64. The third-order valence-electron chi connectivity index (χ3n) is 1.54. The van der Waals surface area contributed by atoms with Crippen LogP contribution in [0.25, 0.3) is 10.6 Å². The van der Waals surface area contributed by atoms with Gasteiger partial charge in [0.05, 0.1) is 11.1 Å². The largest absolute Gasteiger partial charge is 0.365 e. The van der Waals surface area contributed by atoms with Crippen molar-refractivity contribution in [3.63, 3.8) is 0 Å². The van der Waals surface area contributed by atoms with Crippen LogP contribution in [0.2, 0.25) is 0 Å². The summed E-state index contributed by atoms with van der Waals surface area (Å²) in [7, 11) is 1.85. The monoisotopic (exact) mass is 192 g/mol.